The molecule has 0 aromatic carbocycles. The van der Waals surface area contributed by atoms with Crippen LogP contribution in [0.1, 0.15) is 19.8 Å². The molecule has 0 spiro atoms. The Balaban J connectivity index is 2.21. The molecule has 2 rings (SSSR count). The van der Waals surface area contributed by atoms with E-state index in [4.69, 9.17) is 5.73 Å². The molecule has 0 fully saturated rings. The van der Waals surface area contributed by atoms with Crippen LogP contribution in [0.4, 0.5) is 11.8 Å². The van der Waals surface area contributed by atoms with E-state index >= 15 is 0 Å². The van der Waals surface area contributed by atoms with Crippen LogP contribution in [0.5, 0.6) is 0 Å². The summed E-state index contributed by atoms with van der Waals surface area (Å²) in [4.78, 5) is 14.3. The third-order valence-electron chi connectivity index (χ3n) is 2.18. The highest BCUT2D eigenvalue weighted by Crippen LogP contribution is 2.12. The molecule has 0 saturated heterocycles. The fraction of sp³-hybridized carbons (Fsp3) is 0.444. The number of hydrogen-bond acceptors (Lipinski definition) is 4. The SMILES string of the molecule is CCCCNc1nc(N)c2[nH]c[nH+]c2n1. The maximum absolute atomic E-state index is 5.76. The fourth-order valence-electron chi connectivity index (χ4n) is 1.36. The van der Waals surface area contributed by atoms with Gasteiger partial charge in [0.15, 0.2) is 12.1 Å². The number of hydrogen-bond donors (Lipinski definition) is 3. The average molecular weight is 207 g/mol. The molecule has 80 valence electrons. The van der Waals surface area contributed by atoms with Crippen LogP contribution in [-0.2, 0) is 0 Å². The van der Waals surface area contributed by atoms with Gasteiger partial charge in [0.05, 0.1) is 0 Å². The molecule has 0 aliphatic carbocycles. The summed E-state index contributed by atoms with van der Waals surface area (Å²) in [7, 11) is 0. The van der Waals surface area contributed by atoms with Crippen LogP contribution in [0.25, 0.3) is 11.2 Å². The minimum atomic E-state index is 0.459. The van der Waals surface area contributed by atoms with Crippen molar-refractivity contribution in [3.63, 3.8) is 0 Å². The van der Waals surface area contributed by atoms with Crippen molar-refractivity contribution in [2.75, 3.05) is 17.6 Å². The molecule has 2 aromatic heterocycles. The van der Waals surface area contributed by atoms with Crippen LogP contribution < -0.4 is 16.0 Å². The first-order chi connectivity index (χ1) is 7.31. The van der Waals surface area contributed by atoms with Gasteiger partial charge in [0.2, 0.25) is 5.52 Å². The second kappa shape index (κ2) is 4.12. The Hall–Kier alpha value is -1.85. The summed E-state index contributed by atoms with van der Waals surface area (Å²) in [6, 6.07) is 0. The second-order valence-corrected chi connectivity index (χ2v) is 3.37. The fourth-order valence-corrected chi connectivity index (χ4v) is 1.36. The van der Waals surface area contributed by atoms with E-state index in [2.05, 4.69) is 32.2 Å². The van der Waals surface area contributed by atoms with Crippen LogP contribution in [0.15, 0.2) is 6.33 Å². The Kier molecular flexibility index (Phi) is 2.66. The minimum absolute atomic E-state index is 0.459. The number of aromatic amines is 2. The first-order valence-electron chi connectivity index (χ1n) is 5.07. The van der Waals surface area contributed by atoms with Gasteiger partial charge in [-0.1, -0.05) is 18.3 Å². The zero-order valence-electron chi connectivity index (χ0n) is 8.67. The molecule has 5 N–H and O–H groups in total. The highest BCUT2D eigenvalue weighted by Gasteiger charge is 2.12. The van der Waals surface area contributed by atoms with Crippen LogP contribution in [0.2, 0.25) is 0 Å². The van der Waals surface area contributed by atoms with Crippen molar-refractivity contribution in [3.8, 4) is 0 Å². The van der Waals surface area contributed by atoms with Gasteiger partial charge in [0.25, 0.3) is 0 Å². The molecule has 0 saturated carbocycles. The third-order valence-corrected chi connectivity index (χ3v) is 2.18. The van der Waals surface area contributed by atoms with Gasteiger partial charge in [-0.05, 0) is 6.42 Å². The Morgan fingerprint density at radius 1 is 1.53 bits per heavy atom. The summed E-state index contributed by atoms with van der Waals surface area (Å²) < 4.78 is 0. The molecule has 0 aliphatic heterocycles. The summed E-state index contributed by atoms with van der Waals surface area (Å²) in [5, 5.41) is 3.13. The Labute approximate surface area is 87.3 Å². The normalized spacial score (nSPS) is 10.7. The van der Waals surface area contributed by atoms with Crippen LogP contribution in [-0.4, -0.2) is 21.5 Å². The number of rotatable bonds is 4. The second-order valence-electron chi connectivity index (χ2n) is 3.37. The minimum Gasteiger partial charge on any atom is -0.380 e. The lowest BCUT2D eigenvalue weighted by atomic mass is 10.3. The van der Waals surface area contributed by atoms with Crippen LogP contribution in [0.3, 0.4) is 0 Å². The Morgan fingerprint density at radius 2 is 2.40 bits per heavy atom. The highest BCUT2D eigenvalue weighted by atomic mass is 15.2. The molecule has 2 heterocycles. The Bertz CT molecular complexity index is 449. The smallest absolute Gasteiger partial charge is 0.307 e. The molecule has 6 heteroatoms. The van der Waals surface area contributed by atoms with Crippen molar-refractivity contribution in [2.45, 2.75) is 19.8 Å². The molecule has 0 aliphatic rings. The number of fused-ring (bicyclic) bond motifs is 1. The lowest BCUT2D eigenvalue weighted by molar-refractivity contribution is -0.347. The lowest BCUT2D eigenvalue weighted by Crippen LogP contribution is -2.09. The van der Waals surface area contributed by atoms with Crippen LogP contribution >= 0.6 is 0 Å². The molecule has 0 atom stereocenters. The first kappa shape index (κ1) is 9.70. The maximum Gasteiger partial charge on any atom is 0.307 e. The van der Waals surface area contributed by atoms with Gasteiger partial charge in [-0.25, -0.2) is 4.98 Å². The number of unbranched alkanes of at least 4 members (excludes halogenated alkanes) is 1. The van der Waals surface area contributed by atoms with E-state index in [1.54, 1.807) is 6.33 Å². The highest BCUT2D eigenvalue weighted by molar-refractivity contribution is 5.79. The number of anilines is 2. The molecule has 0 unspecified atom stereocenters. The number of nitrogens with one attached hydrogen (secondary N) is 3. The average Bonchev–Trinajstić information content (AvgIpc) is 2.66. The van der Waals surface area contributed by atoms with E-state index in [9.17, 15) is 0 Å². The summed E-state index contributed by atoms with van der Waals surface area (Å²) in [6.45, 7) is 3.01. The number of nitrogen functional groups attached to an aromatic ring is 1. The molecule has 0 bridgehead atoms. The van der Waals surface area contributed by atoms with Crippen LogP contribution in [0, 0.1) is 0 Å². The molecule has 0 radical (unpaired) electrons. The van der Waals surface area contributed by atoms with Gasteiger partial charge in [-0.15, -0.1) is 0 Å². The van der Waals surface area contributed by atoms with Gasteiger partial charge in [0, 0.05) is 6.54 Å². The molecule has 2 aromatic rings. The Morgan fingerprint density at radius 3 is 3.20 bits per heavy atom. The van der Waals surface area contributed by atoms with Crippen molar-refractivity contribution in [1.29, 1.82) is 0 Å². The van der Waals surface area contributed by atoms with E-state index in [0.29, 0.717) is 11.8 Å². The third kappa shape index (κ3) is 1.98. The summed E-state index contributed by atoms with van der Waals surface area (Å²) in [6.07, 6.45) is 3.92. The predicted molar refractivity (Wildman–Crippen MR) is 58.3 cm³/mol. The van der Waals surface area contributed by atoms with Gasteiger partial charge in [-0.2, -0.15) is 4.98 Å². The van der Waals surface area contributed by atoms with Crippen molar-refractivity contribution in [2.24, 2.45) is 0 Å². The number of aromatic nitrogens is 4. The summed E-state index contributed by atoms with van der Waals surface area (Å²) in [5.41, 5.74) is 7.23. The monoisotopic (exact) mass is 207 g/mol. The van der Waals surface area contributed by atoms with E-state index in [1.165, 1.54) is 0 Å². The molecular weight excluding hydrogens is 192 g/mol. The molecule has 0 amide bonds. The largest absolute Gasteiger partial charge is 0.380 e. The predicted octanol–water partition coefficient (Wildman–Crippen LogP) is 0.566. The van der Waals surface area contributed by atoms with E-state index in [1.807, 2.05) is 0 Å². The summed E-state index contributed by atoms with van der Waals surface area (Å²) >= 11 is 0. The van der Waals surface area contributed by atoms with Crippen molar-refractivity contribution in [3.05, 3.63) is 6.33 Å². The number of nitrogens with two attached hydrogens (primary N) is 1. The van der Waals surface area contributed by atoms with E-state index in [0.717, 1.165) is 30.6 Å². The first-order valence-corrected chi connectivity index (χ1v) is 5.07. The topological polar surface area (TPSA) is 93.8 Å². The van der Waals surface area contributed by atoms with Crippen molar-refractivity contribution >= 4 is 22.9 Å². The molecule has 15 heavy (non-hydrogen) atoms. The number of imidazole rings is 1. The van der Waals surface area contributed by atoms with Gasteiger partial charge < -0.3 is 11.1 Å². The lowest BCUT2D eigenvalue weighted by Gasteiger charge is -2.00. The van der Waals surface area contributed by atoms with Gasteiger partial charge in [-0.3, -0.25) is 4.98 Å². The molecule has 6 nitrogen and oxygen atoms in total. The zero-order valence-corrected chi connectivity index (χ0v) is 8.67. The summed E-state index contributed by atoms with van der Waals surface area (Å²) in [5.74, 6) is 1.03. The maximum atomic E-state index is 5.76. The molecular formula is C9H15N6+. The standard InChI is InChI=1S/C9H14N6/c1-2-3-4-11-9-14-7(10)6-8(15-9)13-5-12-6/h5H,2-4H2,1H3,(H4,10,11,12,13,14,15)/p+1. The number of nitrogens with zero attached hydrogens (tertiary/aromatic N) is 2. The van der Waals surface area contributed by atoms with E-state index < -0.39 is 0 Å². The van der Waals surface area contributed by atoms with Crippen molar-refractivity contribution < 1.29 is 4.98 Å². The zero-order chi connectivity index (χ0) is 10.7. The quantitative estimate of drug-likeness (QED) is 0.639. The van der Waals surface area contributed by atoms with Crippen molar-refractivity contribution in [1.82, 2.24) is 15.0 Å². The number of H-pyrrole nitrogens is 2. The van der Waals surface area contributed by atoms with Gasteiger partial charge >= 0.3 is 11.6 Å². The van der Waals surface area contributed by atoms with E-state index in [-0.39, 0.29) is 0 Å². The van der Waals surface area contributed by atoms with Gasteiger partial charge in [0.1, 0.15) is 0 Å².